The van der Waals surface area contributed by atoms with E-state index in [1.807, 2.05) is 30.3 Å². The number of rotatable bonds is 5. The first-order valence-electron chi connectivity index (χ1n) is 9.54. The van der Waals surface area contributed by atoms with Gasteiger partial charge in [-0.05, 0) is 48.6 Å². The highest BCUT2D eigenvalue weighted by Crippen LogP contribution is 2.31. The van der Waals surface area contributed by atoms with Gasteiger partial charge in [0.05, 0.1) is 10.2 Å². The van der Waals surface area contributed by atoms with Crippen molar-refractivity contribution in [2.24, 2.45) is 5.92 Å². The van der Waals surface area contributed by atoms with Gasteiger partial charge in [0.15, 0.2) is 5.13 Å². The number of carbonyl (C=O) groups is 1. The van der Waals surface area contributed by atoms with Crippen LogP contribution in [-0.2, 0) is 6.54 Å². The van der Waals surface area contributed by atoms with E-state index in [1.54, 1.807) is 11.3 Å². The number of carbonyl (C=O) groups excluding carboxylic acids is 1. The summed E-state index contributed by atoms with van der Waals surface area (Å²) in [6, 6.07) is 15.6. The van der Waals surface area contributed by atoms with E-state index in [1.165, 1.54) is 4.70 Å². The molecule has 0 spiro atoms. The summed E-state index contributed by atoms with van der Waals surface area (Å²) in [6.45, 7) is 3.18. The Hall–Kier alpha value is -2.31. The molecule has 2 N–H and O–H groups in total. The Morgan fingerprint density at radius 1 is 1.11 bits per heavy atom. The van der Waals surface area contributed by atoms with Crippen LogP contribution >= 0.6 is 22.9 Å². The smallest absolute Gasteiger partial charge is 0.315 e. The quantitative estimate of drug-likeness (QED) is 0.638. The van der Waals surface area contributed by atoms with Crippen LogP contribution in [0.15, 0.2) is 48.5 Å². The summed E-state index contributed by atoms with van der Waals surface area (Å²) in [4.78, 5) is 19.2. The van der Waals surface area contributed by atoms with Gasteiger partial charge in [-0.1, -0.05) is 47.2 Å². The average molecular weight is 415 g/mol. The molecule has 2 heterocycles. The summed E-state index contributed by atoms with van der Waals surface area (Å²) in [5.74, 6) is 0.506. The maximum Gasteiger partial charge on any atom is 0.315 e. The number of hydrogen-bond acceptors (Lipinski definition) is 4. The molecule has 1 saturated heterocycles. The molecule has 146 valence electrons. The first-order valence-corrected chi connectivity index (χ1v) is 10.7. The fraction of sp³-hybridized carbons (Fsp3) is 0.333. The summed E-state index contributed by atoms with van der Waals surface area (Å²) in [5, 5.41) is 7.70. The zero-order chi connectivity index (χ0) is 19.3. The lowest BCUT2D eigenvalue weighted by atomic mass is 9.97. The summed E-state index contributed by atoms with van der Waals surface area (Å²) in [5.41, 5.74) is 2.10. The Morgan fingerprint density at radius 3 is 2.61 bits per heavy atom. The summed E-state index contributed by atoms with van der Waals surface area (Å²) < 4.78 is 1.23. The number of urea groups is 1. The van der Waals surface area contributed by atoms with Crippen molar-refractivity contribution >= 4 is 44.3 Å². The van der Waals surface area contributed by atoms with Crippen LogP contribution in [0.2, 0.25) is 5.02 Å². The molecule has 0 saturated carbocycles. The van der Waals surface area contributed by atoms with Gasteiger partial charge in [0.2, 0.25) is 0 Å². The number of nitrogens with one attached hydrogen (secondary N) is 2. The number of anilines is 1. The van der Waals surface area contributed by atoms with Gasteiger partial charge in [-0.15, -0.1) is 0 Å². The normalized spacial score (nSPS) is 15.0. The van der Waals surface area contributed by atoms with Crippen LogP contribution in [0.3, 0.4) is 0 Å². The fourth-order valence-corrected chi connectivity index (χ4v) is 4.55. The zero-order valence-electron chi connectivity index (χ0n) is 15.5. The van der Waals surface area contributed by atoms with Crippen LogP contribution < -0.4 is 15.5 Å². The van der Waals surface area contributed by atoms with Crippen LogP contribution in [0.1, 0.15) is 18.4 Å². The van der Waals surface area contributed by atoms with Crippen LogP contribution in [-0.4, -0.2) is 30.6 Å². The molecule has 1 fully saturated rings. The molecule has 1 aliphatic heterocycles. The lowest BCUT2D eigenvalue weighted by Gasteiger charge is -2.31. The molecule has 0 unspecified atom stereocenters. The Balaban J connectivity index is 1.20. The van der Waals surface area contributed by atoms with Crippen molar-refractivity contribution in [2.75, 3.05) is 24.5 Å². The lowest BCUT2D eigenvalue weighted by molar-refractivity contribution is 0.237. The standard InChI is InChI=1S/C21H23ClN4OS/c22-17-7-5-15(6-8-17)13-23-20(27)24-14-16-9-11-26(12-10-16)21-25-18-3-1-2-4-19(18)28-21/h1-8,16H,9-14H2,(H2,23,24,27). The van der Waals surface area contributed by atoms with Gasteiger partial charge >= 0.3 is 6.03 Å². The van der Waals surface area contributed by atoms with Crippen molar-refractivity contribution in [3.8, 4) is 0 Å². The van der Waals surface area contributed by atoms with Crippen LogP contribution in [0.25, 0.3) is 10.2 Å². The van der Waals surface area contributed by atoms with Gasteiger partial charge in [-0.3, -0.25) is 0 Å². The SMILES string of the molecule is O=C(NCc1ccc(Cl)cc1)NCC1CCN(c2nc3ccccc3s2)CC1. The minimum Gasteiger partial charge on any atom is -0.348 e. The van der Waals surface area contributed by atoms with E-state index in [-0.39, 0.29) is 6.03 Å². The Bertz CT molecular complexity index is 902. The topological polar surface area (TPSA) is 57.3 Å². The minimum absolute atomic E-state index is 0.122. The number of piperidine rings is 1. The number of para-hydroxylation sites is 1. The van der Waals surface area contributed by atoms with Crippen molar-refractivity contribution < 1.29 is 4.79 Å². The highest BCUT2D eigenvalue weighted by atomic mass is 35.5. The molecule has 0 radical (unpaired) electrons. The number of amides is 2. The Morgan fingerprint density at radius 2 is 1.86 bits per heavy atom. The van der Waals surface area contributed by atoms with E-state index in [2.05, 4.69) is 33.7 Å². The second-order valence-corrected chi connectivity index (χ2v) is 8.53. The average Bonchev–Trinajstić information content (AvgIpc) is 3.16. The molecule has 0 atom stereocenters. The van der Waals surface area contributed by atoms with Gasteiger partial charge in [0, 0.05) is 31.2 Å². The molecule has 5 nitrogen and oxygen atoms in total. The van der Waals surface area contributed by atoms with Gasteiger partial charge in [-0.25, -0.2) is 9.78 Å². The second kappa shape index (κ2) is 8.80. The second-order valence-electron chi connectivity index (χ2n) is 7.08. The van der Waals surface area contributed by atoms with E-state index in [0.717, 1.165) is 42.1 Å². The molecule has 0 bridgehead atoms. The molecule has 3 aromatic rings. The highest BCUT2D eigenvalue weighted by Gasteiger charge is 2.22. The number of thiazole rings is 1. The van der Waals surface area contributed by atoms with Gasteiger partial charge in [-0.2, -0.15) is 0 Å². The van der Waals surface area contributed by atoms with Crippen molar-refractivity contribution in [1.82, 2.24) is 15.6 Å². The predicted molar refractivity (Wildman–Crippen MR) is 116 cm³/mol. The third kappa shape index (κ3) is 4.75. The number of benzene rings is 2. The molecule has 0 aliphatic carbocycles. The van der Waals surface area contributed by atoms with Crippen LogP contribution in [0.5, 0.6) is 0 Å². The molecule has 4 rings (SSSR count). The van der Waals surface area contributed by atoms with E-state index < -0.39 is 0 Å². The van der Waals surface area contributed by atoms with Crippen LogP contribution in [0, 0.1) is 5.92 Å². The molecule has 1 aliphatic rings. The number of fused-ring (bicyclic) bond motifs is 1. The van der Waals surface area contributed by atoms with Gasteiger partial charge in [0.1, 0.15) is 0 Å². The summed E-state index contributed by atoms with van der Waals surface area (Å²) in [7, 11) is 0. The number of halogens is 1. The van der Waals surface area contributed by atoms with E-state index in [4.69, 9.17) is 16.6 Å². The monoisotopic (exact) mass is 414 g/mol. The van der Waals surface area contributed by atoms with Crippen molar-refractivity contribution in [2.45, 2.75) is 19.4 Å². The molecule has 2 amide bonds. The van der Waals surface area contributed by atoms with E-state index >= 15 is 0 Å². The van der Waals surface area contributed by atoms with E-state index in [9.17, 15) is 4.79 Å². The largest absolute Gasteiger partial charge is 0.348 e. The lowest BCUT2D eigenvalue weighted by Crippen LogP contribution is -2.41. The molecular formula is C21H23ClN4OS. The fourth-order valence-electron chi connectivity index (χ4n) is 3.41. The molecule has 1 aromatic heterocycles. The number of nitrogens with zero attached hydrogens (tertiary/aromatic N) is 2. The highest BCUT2D eigenvalue weighted by molar-refractivity contribution is 7.22. The van der Waals surface area contributed by atoms with Crippen molar-refractivity contribution in [1.29, 1.82) is 0 Å². The van der Waals surface area contributed by atoms with Gasteiger partial charge < -0.3 is 15.5 Å². The third-order valence-electron chi connectivity index (χ3n) is 5.09. The molecule has 7 heteroatoms. The summed E-state index contributed by atoms with van der Waals surface area (Å²) >= 11 is 7.63. The molecule has 28 heavy (non-hydrogen) atoms. The van der Waals surface area contributed by atoms with Crippen LogP contribution in [0.4, 0.5) is 9.93 Å². The number of aromatic nitrogens is 1. The first kappa shape index (κ1) is 19.0. The van der Waals surface area contributed by atoms with Crippen molar-refractivity contribution in [3.05, 3.63) is 59.1 Å². The summed E-state index contributed by atoms with van der Waals surface area (Å²) in [6.07, 6.45) is 2.13. The van der Waals surface area contributed by atoms with Gasteiger partial charge in [0.25, 0.3) is 0 Å². The predicted octanol–water partition coefficient (Wildman–Crippen LogP) is 4.67. The minimum atomic E-state index is -0.122. The Kier molecular flexibility index (Phi) is 5.98. The maximum absolute atomic E-state index is 12.0. The number of hydrogen-bond donors (Lipinski definition) is 2. The van der Waals surface area contributed by atoms with E-state index in [0.29, 0.717) is 24.0 Å². The van der Waals surface area contributed by atoms with Crippen molar-refractivity contribution in [3.63, 3.8) is 0 Å². The Labute approximate surface area is 173 Å². The first-order chi connectivity index (χ1) is 13.7. The molecular weight excluding hydrogens is 392 g/mol. The maximum atomic E-state index is 12.0. The zero-order valence-corrected chi connectivity index (χ0v) is 17.1. The molecule has 2 aromatic carbocycles. The third-order valence-corrected chi connectivity index (χ3v) is 6.43.